The normalized spacial score (nSPS) is 23.4. The van der Waals surface area contributed by atoms with Gasteiger partial charge in [-0.2, -0.15) is 4.98 Å². The summed E-state index contributed by atoms with van der Waals surface area (Å²) in [7, 11) is 1.82. The molecule has 0 aliphatic carbocycles. The molecule has 9 rings (SSSR count). The standard InChI is InChI=1S/C42H50N12O6/c1-49-21-22-53(42(49)60)30-3-2-16-52(24-30)41-46-37(35(36(43)56)47-48-41)44-27-6-4-25(5-7-27)26-12-17-50(18-13-26)28-14-19-51(20-15-28)29-8-9-31-32(23-29)40(59)54(39(31)58)33-10-11-34(55)45-38(33)57/h4-9,23,26,28,30,33H,2-3,10-22,24H2,1H3,(H2,43,56)(H,44,46,48)(H,45,55,57). The fraction of sp³-hybridized carbons (Fsp3) is 0.500. The van der Waals surface area contributed by atoms with E-state index in [2.05, 4.69) is 42.8 Å². The highest BCUT2D eigenvalue weighted by atomic mass is 16.2. The van der Waals surface area contributed by atoms with E-state index in [9.17, 15) is 28.8 Å². The molecule has 0 radical (unpaired) electrons. The summed E-state index contributed by atoms with van der Waals surface area (Å²) in [5.41, 5.74) is 9.13. The Bertz CT molecular complexity index is 2220. The highest BCUT2D eigenvalue weighted by molar-refractivity contribution is 6.23. The number of carbonyl (C=O) groups excluding carboxylic acids is 6. The molecular weight excluding hydrogens is 769 g/mol. The van der Waals surface area contributed by atoms with Crippen molar-refractivity contribution in [2.24, 2.45) is 5.73 Å². The van der Waals surface area contributed by atoms with Crippen LogP contribution in [0.4, 0.5) is 27.9 Å². The SMILES string of the molecule is CN1CCN(C2CCCN(c3nnc(C(N)=O)c(Nc4ccc(C5CCN(C6CCN(c7ccc8c(c7)C(=O)N(C7CCC(=O)NC7=O)C8=O)CC6)CC5)cc4)n3)C2)C1=O. The van der Waals surface area contributed by atoms with E-state index in [1.165, 1.54) is 5.56 Å². The molecule has 2 unspecified atom stereocenters. The van der Waals surface area contributed by atoms with Gasteiger partial charge in [-0.1, -0.05) is 12.1 Å². The van der Waals surface area contributed by atoms with Crippen LogP contribution in [0.2, 0.25) is 0 Å². The van der Waals surface area contributed by atoms with Gasteiger partial charge >= 0.3 is 6.03 Å². The largest absolute Gasteiger partial charge is 0.371 e. The Hall–Kier alpha value is -6.17. The van der Waals surface area contributed by atoms with Crippen LogP contribution in [0.25, 0.3) is 0 Å². The van der Waals surface area contributed by atoms with Crippen LogP contribution in [0.5, 0.6) is 0 Å². The topological polar surface area (TPSA) is 211 Å². The first-order valence-corrected chi connectivity index (χ1v) is 21.0. The van der Waals surface area contributed by atoms with Crippen molar-refractivity contribution in [3.63, 3.8) is 0 Å². The minimum atomic E-state index is -0.979. The van der Waals surface area contributed by atoms with Crippen LogP contribution in [-0.2, 0) is 9.59 Å². The van der Waals surface area contributed by atoms with E-state index in [0.29, 0.717) is 48.7 Å². The Morgan fingerprint density at radius 2 is 1.53 bits per heavy atom. The van der Waals surface area contributed by atoms with Gasteiger partial charge in [0.2, 0.25) is 17.8 Å². The monoisotopic (exact) mass is 818 g/mol. The van der Waals surface area contributed by atoms with Crippen molar-refractivity contribution in [2.75, 3.05) is 74.5 Å². The van der Waals surface area contributed by atoms with Gasteiger partial charge in [-0.25, -0.2) is 4.79 Å². The molecule has 18 nitrogen and oxygen atoms in total. The van der Waals surface area contributed by atoms with Crippen LogP contribution in [0, 0.1) is 0 Å². The second kappa shape index (κ2) is 16.1. The van der Waals surface area contributed by atoms with Gasteiger partial charge < -0.3 is 35.6 Å². The Morgan fingerprint density at radius 3 is 2.23 bits per heavy atom. The number of aromatic nitrogens is 3. The third kappa shape index (κ3) is 7.48. The van der Waals surface area contributed by atoms with E-state index < -0.39 is 35.6 Å². The second-order valence-electron chi connectivity index (χ2n) is 16.8. The summed E-state index contributed by atoms with van der Waals surface area (Å²) in [6.07, 6.45) is 6.05. The van der Waals surface area contributed by atoms with Gasteiger partial charge in [0.05, 0.1) is 17.2 Å². The molecule has 18 heteroatoms. The van der Waals surface area contributed by atoms with Crippen LogP contribution in [-0.4, -0.2) is 148 Å². The van der Waals surface area contributed by atoms with Crippen LogP contribution < -0.4 is 26.2 Å². The molecule has 6 aliphatic rings. The zero-order chi connectivity index (χ0) is 41.7. The summed E-state index contributed by atoms with van der Waals surface area (Å²) >= 11 is 0. The molecule has 6 aliphatic heterocycles. The smallest absolute Gasteiger partial charge is 0.320 e. The van der Waals surface area contributed by atoms with Gasteiger partial charge in [0.25, 0.3) is 17.7 Å². The Morgan fingerprint density at radius 1 is 0.783 bits per heavy atom. The zero-order valence-corrected chi connectivity index (χ0v) is 33.7. The molecule has 7 heterocycles. The van der Waals surface area contributed by atoms with Crippen molar-refractivity contribution >= 4 is 58.7 Å². The maximum Gasteiger partial charge on any atom is 0.320 e. The van der Waals surface area contributed by atoms with Crippen molar-refractivity contribution in [1.82, 2.24) is 40.1 Å². The minimum Gasteiger partial charge on any atom is -0.371 e. The van der Waals surface area contributed by atoms with Gasteiger partial charge in [-0.05, 0) is 99.8 Å². The molecule has 3 aromatic rings. The number of carbonyl (C=O) groups is 6. The van der Waals surface area contributed by atoms with Crippen molar-refractivity contribution in [2.45, 2.75) is 75.4 Å². The Labute approximate surface area is 347 Å². The van der Waals surface area contributed by atoms with E-state index >= 15 is 0 Å². The van der Waals surface area contributed by atoms with Gasteiger partial charge in [0.1, 0.15) is 6.04 Å². The molecule has 5 saturated heterocycles. The number of hydrogen-bond acceptors (Lipinski definition) is 13. The number of benzene rings is 2. The van der Waals surface area contributed by atoms with Gasteiger partial charge in [0.15, 0.2) is 11.5 Å². The molecule has 7 amide bonds. The average Bonchev–Trinajstić information content (AvgIpc) is 3.73. The first kappa shape index (κ1) is 39.3. The molecule has 4 N–H and O–H groups in total. The number of nitrogens with two attached hydrogens (primary N) is 1. The molecular formula is C42H50N12O6. The molecule has 60 heavy (non-hydrogen) atoms. The first-order chi connectivity index (χ1) is 29.0. The molecule has 314 valence electrons. The average molecular weight is 819 g/mol. The van der Waals surface area contributed by atoms with E-state index in [4.69, 9.17) is 10.7 Å². The molecule has 5 fully saturated rings. The molecule has 0 saturated carbocycles. The summed E-state index contributed by atoms with van der Waals surface area (Å²) in [5.74, 6) is -1.66. The number of nitrogens with zero attached hydrogens (tertiary/aromatic N) is 9. The summed E-state index contributed by atoms with van der Waals surface area (Å²) in [6.45, 7) is 6.36. The molecule has 0 bridgehead atoms. The number of likely N-dealkylation sites (N-methyl/N-ethyl adjacent to an activating group) is 1. The number of likely N-dealkylation sites (tertiary alicyclic amines) is 1. The van der Waals surface area contributed by atoms with E-state index in [-0.39, 0.29) is 36.4 Å². The second-order valence-corrected chi connectivity index (χ2v) is 16.8. The fourth-order valence-corrected chi connectivity index (χ4v) is 9.82. The number of amides is 7. The quantitative estimate of drug-likeness (QED) is 0.265. The molecule has 2 atom stereocenters. The summed E-state index contributed by atoms with van der Waals surface area (Å²) in [6, 6.07) is 13.1. The molecule has 2 aromatic carbocycles. The first-order valence-electron chi connectivity index (χ1n) is 21.0. The van der Waals surface area contributed by atoms with Crippen LogP contribution in [0.1, 0.15) is 94.1 Å². The predicted molar refractivity (Wildman–Crippen MR) is 220 cm³/mol. The highest BCUT2D eigenvalue weighted by Crippen LogP contribution is 2.35. The highest BCUT2D eigenvalue weighted by Gasteiger charge is 2.45. The predicted octanol–water partition coefficient (Wildman–Crippen LogP) is 2.30. The van der Waals surface area contributed by atoms with Crippen LogP contribution in [0.15, 0.2) is 42.5 Å². The van der Waals surface area contributed by atoms with Gasteiger partial charge in [-0.3, -0.25) is 34.2 Å². The van der Waals surface area contributed by atoms with E-state index in [0.717, 1.165) is 87.5 Å². The van der Waals surface area contributed by atoms with Crippen molar-refractivity contribution in [3.05, 3.63) is 64.8 Å². The summed E-state index contributed by atoms with van der Waals surface area (Å²) in [5, 5.41) is 13.9. The number of fused-ring (bicyclic) bond motifs is 1. The molecule has 1 aromatic heterocycles. The lowest BCUT2D eigenvalue weighted by Gasteiger charge is -2.42. The van der Waals surface area contributed by atoms with Crippen molar-refractivity contribution < 1.29 is 28.8 Å². The zero-order valence-electron chi connectivity index (χ0n) is 33.7. The number of primary amides is 1. The number of imide groups is 2. The Balaban J connectivity index is 0.775. The van der Waals surface area contributed by atoms with Crippen LogP contribution in [0.3, 0.4) is 0 Å². The maximum absolute atomic E-state index is 13.4. The fourth-order valence-electron chi connectivity index (χ4n) is 9.82. The lowest BCUT2D eigenvalue weighted by Crippen LogP contribution is -2.54. The Kier molecular flexibility index (Phi) is 10.6. The lowest BCUT2D eigenvalue weighted by molar-refractivity contribution is -0.136. The lowest BCUT2D eigenvalue weighted by atomic mass is 9.88. The maximum atomic E-state index is 13.4. The van der Waals surface area contributed by atoms with E-state index in [1.54, 1.807) is 17.0 Å². The minimum absolute atomic E-state index is 0.0387. The molecule has 0 spiro atoms. The summed E-state index contributed by atoms with van der Waals surface area (Å²) < 4.78 is 0. The summed E-state index contributed by atoms with van der Waals surface area (Å²) in [4.78, 5) is 91.9. The van der Waals surface area contributed by atoms with E-state index in [1.807, 2.05) is 35.0 Å². The third-order valence-electron chi connectivity index (χ3n) is 13.2. The van der Waals surface area contributed by atoms with Crippen molar-refractivity contribution in [1.29, 1.82) is 0 Å². The number of rotatable bonds is 9. The third-order valence-corrected chi connectivity index (χ3v) is 13.2. The number of hydrogen-bond donors (Lipinski definition) is 3. The number of urea groups is 1. The number of piperidine rings is 4. The van der Waals surface area contributed by atoms with Gasteiger partial charge in [-0.15, -0.1) is 10.2 Å². The number of anilines is 4. The van der Waals surface area contributed by atoms with Crippen LogP contribution >= 0.6 is 0 Å². The number of nitrogens with one attached hydrogen (secondary N) is 2. The van der Waals surface area contributed by atoms with Crippen molar-refractivity contribution in [3.8, 4) is 0 Å². The van der Waals surface area contributed by atoms with Gasteiger partial charge in [0, 0.05) is 70.2 Å².